The number of likely N-dealkylation sites (N-methyl/N-ethyl adjacent to an activating group) is 1. The maximum Gasteiger partial charge on any atom is 0.418 e. The van der Waals surface area contributed by atoms with Gasteiger partial charge in [0.05, 0.1) is 28.8 Å². The van der Waals surface area contributed by atoms with Crippen molar-refractivity contribution in [2.24, 2.45) is 17.6 Å². The van der Waals surface area contributed by atoms with Gasteiger partial charge >= 0.3 is 12.3 Å². The molecule has 2 aromatic rings. The van der Waals surface area contributed by atoms with E-state index in [-0.39, 0.29) is 16.1 Å². The van der Waals surface area contributed by atoms with Gasteiger partial charge in [-0.25, -0.2) is 4.79 Å². The molecule has 3 aliphatic carbocycles. The molecule has 0 unspecified atom stereocenters. The first kappa shape index (κ1) is 32.8. The molecule has 2 amide bonds. The monoisotopic (exact) mass is 665 g/mol. The number of carbonyl (C=O) groups is 4. The van der Waals surface area contributed by atoms with Crippen molar-refractivity contribution in [3.8, 4) is 5.75 Å². The van der Waals surface area contributed by atoms with E-state index < -0.39 is 105 Å². The maximum absolute atomic E-state index is 14.2. The number of hydrogen-bond donors (Lipinski definition) is 6. The lowest BCUT2D eigenvalue weighted by molar-refractivity contribution is -0.169. The van der Waals surface area contributed by atoms with Crippen molar-refractivity contribution in [3.63, 3.8) is 0 Å². The van der Waals surface area contributed by atoms with Gasteiger partial charge in [0, 0.05) is 16.5 Å². The number of aromatic hydroxyl groups is 1. The summed E-state index contributed by atoms with van der Waals surface area (Å²) in [5.41, 5.74) is -1.66. The molecule has 16 heteroatoms. The molecule has 3 aliphatic rings. The molecular formula is C30H27ClF3N3O9. The number of rotatable bonds is 4. The Hall–Kier alpha value is -4.60. The zero-order valence-corrected chi connectivity index (χ0v) is 25.0. The SMILES string of the molecule is C[C@@H]1c2cccc(O)c2C(O)=C2C(=O)[C@]3(O)C(O)=C(C(N)=O)C(=O)[C@H](N(C)C)[C@@H]3[C@@H](OC(=O)Nc3ccc(Cl)cc3C(F)(F)F)[C@@H]21. The summed E-state index contributed by atoms with van der Waals surface area (Å²) in [6.45, 7) is 1.53. The Morgan fingerprint density at radius 2 is 1.76 bits per heavy atom. The van der Waals surface area contributed by atoms with Crippen molar-refractivity contribution < 1.29 is 57.5 Å². The number of Topliss-reactive ketones (excluding diaryl/α,β-unsaturated/α-hetero) is 2. The van der Waals surface area contributed by atoms with Gasteiger partial charge in [0.15, 0.2) is 11.4 Å². The van der Waals surface area contributed by atoms with Crippen LogP contribution in [0.4, 0.5) is 23.7 Å². The highest BCUT2D eigenvalue weighted by Gasteiger charge is 2.69. The van der Waals surface area contributed by atoms with Gasteiger partial charge in [0.25, 0.3) is 5.91 Å². The number of nitrogens with two attached hydrogens (primary N) is 1. The summed E-state index contributed by atoms with van der Waals surface area (Å²) in [5, 5.41) is 46.9. The predicted molar refractivity (Wildman–Crippen MR) is 155 cm³/mol. The topological polar surface area (TPSA) is 200 Å². The molecule has 0 aromatic heterocycles. The van der Waals surface area contributed by atoms with Gasteiger partial charge in [0.2, 0.25) is 5.78 Å². The van der Waals surface area contributed by atoms with Crippen molar-refractivity contribution in [3.05, 3.63) is 75.0 Å². The van der Waals surface area contributed by atoms with Crippen LogP contribution >= 0.6 is 11.6 Å². The molecule has 12 nitrogen and oxygen atoms in total. The van der Waals surface area contributed by atoms with E-state index in [0.717, 1.165) is 12.1 Å². The number of benzene rings is 2. The Labute approximate surface area is 263 Å². The first-order chi connectivity index (χ1) is 21.3. The Kier molecular flexibility index (Phi) is 7.86. The Morgan fingerprint density at radius 3 is 2.35 bits per heavy atom. The number of nitrogens with zero attached hydrogens (tertiary/aromatic N) is 1. The molecule has 1 fully saturated rings. The van der Waals surface area contributed by atoms with Gasteiger partial charge in [-0.1, -0.05) is 30.7 Å². The number of primary amides is 1. The number of ether oxygens (including phenoxy) is 1. The van der Waals surface area contributed by atoms with Gasteiger partial charge in [-0.3, -0.25) is 24.6 Å². The van der Waals surface area contributed by atoms with Crippen LogP contribution in [0, 0.1) is 11.8 Å². The highest BCUT2D eigenvalue weighted by atomic mass is 35.5. The van der Waals surface area contributed by atoms with Crippen LogP contribution in [-0.2, 0) is 25.3 Å². The van der Waals surface area contributed by atoms with E-state index in [1.165, 1.54) is 44.1 Å². The Bertz CT molecular complexity index is 1770. The van der Waals surface area contributed by atoms with E-state index >= 15 is 0 Å². The van der Waals surface area contributed by atoms with Crippen LogP contribution in [0.1, 0.15) is 29.5 Å². The number of phenols is 1. The molecule has 2 aromatic carbocycles. The summed E-state index contributed by atoms with van der Waals surface area (Å²) in [6, 6.07) is 4.98. The Morgan fingerprint density at radius 1 is 1.11 bits per heavy atom. The third kappa shape index (κ3) is 4.77. The van der Waals surface area contributed by atoms with E-state index in [1.54, 1.807) is 0 Å². The maximum atomic E-state index is 14.2. The fourth-order valence-corrected chi connectivity index (χ4v) is 6.98. The number of nitrogens with one attached hydrogen (secondary N) is 1. The second-order valence-electron chi connectivity index (χ2n) is 11.5. The molecule has 7 N–H and O–H groups in total. The molecule has 0 aliphatic heterocycles. The summed E-state index contributed by atoms with van der Waals surface area (Å²) in [5.74, 6) is -11.0. The molecule has 46 heavy (non-hydrogen) atoms. The predicted octanol–water partition coefficient (Wildman–Crippen LogP) is 3.42. The van der Waals surface area contributed by atoms with E-state index in [4.69, 9.17) is 22.1 Å². The summed E-state index contributed by atoms with van der Waals surface area (Å²) < 4.78 is 47.0. The molecular weight excluding hydrogens is 639 g/mol. The number of alkyl halides is 3. The highest BCUT2D eigenvalue weighted by molar-refractivity contribution is 6.30. The van der Waals surface area contributed by atoms with Crippen molar-refractivity contribution in [1.82, 2.24) is 4.90 Å². The van der Waals surface area contributed by atoms with Crippen molar-refractivity contribution in [2.45, 2.75) is 36.8 Å². The van der Waals surface area contributed by atoms with Crippen LogP contribution in [-0.4, -0.2) is 80.7 Å². The minimum Gasteiger partial charge on any atom is -0.508 e. The number of aliphatic hydroxyl groups is 3. The first-order valence-corrected chi connectivity index (χ1v) is 14.0. The second-order valence-corrected chi connectivity index (χ2v) is 11.9. The van der Waals surface area contributed by atoms with Gasteiger partial charge < -0.3 is 30.9 Å². The van der Waals surface area contributed by atoms with Crippen LogP contribution in [0.25, 0.3) is 5.76 Å². The number of halogens is 4. The molecule has 0 radical (unpaired) electrons. The fraction of sp³-hybridized carbons (Fsp3) is 0.333. The Balaban J connectivity index is 1.75. The van der Waals surface area contributed by atoms with E-state index in [9.17, 15) is 52.8 Å². The van der Waals surface area contributed by atoms with Crippen LogP contribution in [0.3, 0.4) is 0 Å². The minimum absolute atomic E-state index is 0.203. The summed E-state index contributed by atoms with van der Waals surface area (Å²) in [7, 11) is 2.66. The molecule has 0 spiro atoms. The number of ketones is 2. The smallest absolute Gasteiger partial charge is 0.418 e. The lowest BCUT2D eigenvalue weighted by atomic mass is 9.54. The van der Waals surface area contributed by atoms with Crippen LogP contribution < -0.4 is 11.1 Å². The normalized spacial score (nSPS) is 27.6. The number of phenolic OH excluding ortho intramolecular Hbond substituents is 1. The van der Waals surface area contributed by atoms with Gasteiger partial charge in [0.1, 0.15) is 28.9 Å². The summed E-state index contributed by atoms with van der Waals surface area (Å²) in [4.78, 5) is 54.8. The molecule has 6 atom stereocenters. The third-order valence-electron chi connectivity index (χ3n) is 8.73. The van der Waals surface area contributed by atoms with Gasteiger partial charge in [-0.15, -0.1) is 0 Å². The van der Waals surface area contributed by atoms with Crippen LogP contribution in [0.5, 0.6) is 5.75 Å². The molecule has 0 heterocycles. The first-order valence-electron chi connectivity index (χ1n) is 13.6. The number of hydrogen-bond acceptors (Lipinski definition) is 10. The quantitative estimate of drug-likeness (QED) is 0.263. The van der Waals surface area contributed by atoms with E-state index in [1.807, 2.05) is 5.32 Å². The van der Waals surface area contributed by atoms with E-state index in [0.29, 0.717) is 6.07 Å². The number of carbonyl (C=O) groups excluding carboxylic acids is 4. The zero-order chi connectivity index (χ0) is 34.2. The minimum atomic E-state index is -4.97. The average Bonchev–Trinajstić information content (AvgIpc) is 2.94. The standard InChI is InChI=1S/C30H27ClF3N3O9/c1-10-12-5-4-6-15(38)17(12)22(39)18-16(10)24(46-28(44)36-14-8-7-11(31)9-13(14)30(32,33)34)20-21(37(2)3)23(40)19(27(35)43)26(42)29(20,45)25(18)41/h4-10,16,20-21,24,38-39,42,45H,1-3H3,(H2,35,43)(H,36,44)/t10-,16-,20-,21-,24+,29+/m1/s1. The van der Waals surface area contributed by atoms with Gasteiger partial charge in [-0.2, -0.15) is 13.2 Å². The lowest BCUT2D eigenvalue weighted by Gasteiger charge is -2.54. The van der Waals surface area contributed by atoms with E-state index in [2.05, 4.69) is 0 Å². The molecule has 0 bridgehead atoms. The summed E-state index contributed by atoms with van der Waals surface area (Å²) >= 11 is 5.74. The summed E-state index contributed by atoms with van der Waals surface area (Å²) in [6.07, 6.45) is -8.35. The number of aliphatic hydroxyl groups excluding tert-OH is 2. The fourth-order valence-electron chi connectivity index (χ4n) is 6.81. The lowest BCUT2D eigenvalue weighted by Crippen LogP contribution is -2.71. The van der Waals surface area contributed by atoms with Crippen LogP contribution in [0.15, 0.2) is 53.3 Å². The van der Waals surface area contributed by atoms with Crippen molar-refractivity contribution in [2.75, 3.05) is 19.4 Å². The molecule has 1 saturated carbocycles. The van der Waals surface area contributed by atoms with Crippen LogP contribution in [0.2, 0.25) is 5.02 Å². The molecule has 0 saturated heterocycles. The zero-order valence-electron chi connectivity index (χ0n) is 24.2. The number of anilines is 1. The van der Waals surface area contributed by atoms with Crippen molar-refractivity contribution in [1.29, 1.82) is 0 Å². The van der Waals surface area contributed by atoms with Gasteiger partial charge in [-0.05, 0) is 49.8 Å². The highest BCUT2D eigenvalue weighted by Crippen LogP contribution is 2.57. The number of amides is 2. The second kappa shape index (κ2) is 11.0. The van der Waals surface area contributed by atoms with Crippen molar-refractivity contribution >= 4 is 46.6 Å². The third-order valence-corrected chi connectivity index (χ3v) is 8.97. The molecule has 5 rings (SSSR count). The average molecular weight is 666 g/mol. The number of fused-ring (bicyclic) bond motifs is 3. The largest absolute Gasteiger partial charge is 0.508 e. The molecule has 244 valence electrons.